The Hall–Kier alpha value is -7.56. The average molecular weight is 860 g/mol. The van der Waals surface area contributed by atoms with Gasteiger partial charge in [0.1, 0.15) is 0 Å². The van der Waals surface area contributed by atoms with Gasteiger partial charge in [-0.2, -0.15) is 0 Å². The first-order valence-electron chi connectivity index (χ1n) is 24.4. The van der Waals surface area contributed by atoms with Crippen LogP contribution in [0.4, 0.5) is 39.8 Å². The van der Waals surface area contributed by atoms with Crippen molar-refractivity contribution in [1.29, 1.82) is 0 Å². The third-order valence-electron chi connectivity index (χ3n) is 15.9. The summed E-state index contributed by atoms with van der Waals surface area (Å²) in [6.45, 7) is -0.00967. The second-order valence-corrected chi connectivity index (χ2v) is 19.7. The Bertz CT molecular complexity index is 3070. The third-order valence-corrected chi connectivity index (χ3v) is 15.9. The van der Waals surface area contributed by atoms with Crippen molar-refractivity contribution in [3.05, 3.63) is 218 Å². The molecule has 2 saturated carbocycles. The van der Waals surface area contributed by atoms with E-state index >= 15 is 0 Å². The van der Waals surface area contributed by atoms with Crippen LogP contribution in [0.2, 0.25) is 0 Å². The molecule has 9 aromatic rings. The van der Waals surface area contributed by atoms with Crippen molar-refractivity contribution in [3.8, 4) is 44.5 Å². The molecule has 0 radical (unpaired) electrons. The Labute approximate surface area is 394 Å². The van der Waals surface area contributed by atoms with E-state index in [2.05, 4.69) is 233 Å². The Balaban J connectivity index is 1.04. The molecule has 320 valence electrons. The molecule has 2 aliphatic carbocycles. The van der Waals surface area contributed by atoms with Crippen molar-refractivity contribution in [2.75, 3.05) is 14.7 Å². The van der Waals surface area contributed by atoms with Gasteiger partial charge in [0.15, 0.2) is 0 Å². The van der Waals surface area contributed by atoms with E-state index in [0.29, 0.717) is 12.1 Å². The molecule has 0 N–H and O–H groups in total. The second-order valence-electron chi connectivity index (χ2n) is 19.7. The fraction of sp³-hybridized carbons (Fsp3) is 0.143. The zero-order chi connectivity index (χ0) is 44.0. The van der Waals surface area contributed by atoms with Gasteiger partial charge >= 0.3 is 0 Å². The van der Waals surface area contributed by atoms with Crippen LogP contribution in [0.5, 0.6) is 0 Å². The Kier molecular flexibility index (Phi) is 8.97. The van der Waals surface area contributed by atoms with E-state index < -0.39 is 0 Å². The molecule has 4 fully saturated rings. The molecule has 0 unspecified atom stereocenters. The molecule has 0 spiro atoms. The van der Waals surface area contributed by atoms with Crippen LogP contribution < -0.4 is 31.1 Å². The van der Waals surface area contributed by atoms with Crippen molar-refractivity contribution in [1.82, 2.24) is 0 Å². The van der Waals surface area contributed by atoms with Crippen LogP contribution in [0.1, 0.15) is 32.1 Å². The number of hydrogen-bond acceptors (Lipinski definition) is 3. The predicted octanol–water partition coefficient (Wildman–Crippen LogP) is 14.2. The van der Waals surface area contributed by atoms with Gasteiger partial charge in [0.25, 0.3) is 6.71 Å². The second kappa shape index (κ2) is 15.5. The maximum Gasteiger partial charge on any atom is 0.252 e. The lowest BCUT2D eigenvalue weighted by Gasteiger charge is -2.58. The molecule has 0 amide bonds. The molecule has 4 aliphatic heterocycles. The van der Waals surface area contributed by atoms with E-state index in [1.807, 2.05) is 0 Å². The largest absolute Gasteiger partial charge is 0.365 e. The van der Waals surface area contributed by atoms with Gasteiger partial charge in [-0.25, -0.2) is 0 Å². The number of fused-ring (bicyclic) bond motifs is 4. The van der Waals surface area contributed by atoms with E-state index in [9.17, 15) is 0 Å². The maximum absolute atomic E-state index is 2.90. The number of hydrogen-bond donors (Lipinski definition) is 0. The number of benzene rings is 9. The summed E-state index contributed by atoms with van der Waals surface area (Å²) in [5.74, 6) is 1.74. The predicted molar refractivity (Wildman–Crippen MR) is 282 cm³/mol. The molecule has 0 aromatic heterocycles. The number of piperidine rings is 2. The van der Waals surface area contributed by atoms with Gasteiger partial charge < -0.3 is 14.7 Å². The average Bonchev–Trinajstić information content (AvgIpc) is 3.39. The minimum absolute atomic E-state index is 0.00967. The Morgan fingerprint density at radius 1 is 0.299 bits per heavy atom. The molecule has 67 heavy (non-hydrogen) atoms. The third kappa shape index (κ3) is 6.41. The molecule has 0 atom stereocenters. The SMILES string of the molecule is c1ccc(-c2ccc(N3c4ccc(-c5ccccc5)cc4B4c5cc(-c6ccccc6)ccc5N(c5ccc(-c6ccccc6)cc5)c5cc(N6C7CC8CC(C7)CC6C8)cc3c54)cc2)cc1. The smallest absolute Gasteiger partial charge is 0.252 e. The van der Waals surface area contributed by atoms with Crippen LogP contribution in [0, 0.1) is 11.8 Å². The summed E-state index contributed by atoms with van der Waals surface area (Å²) in [5, 5.41) is 0. The highest BCUT2D eigenvalue weighted by molar-refractivity contribution is 7.00. The lowest BCUT2D eigenvalue weighted by atomic mass is 9.33. The van der Waals surface area contributed by atoms with Crippen molar-refractivity contribution in [2.45, 2.75) is 44.2 Å². The summed E-state index contributed by atoms with van der Waals surface area (Å²) in [6, 6.07) is 83.0. The van der Waals surface area contributed by atoms with Crippen molar-refractivity contribution < 1.29 is 0 Å². The van der Waals surface area contributed by atoms with Gasteiger partial charge in [0, 0.05) is 51.9 Å². The maximum atomic E-state index is 2.90. The van der Waals surface area contributed by atoms with Gasteiger partial charge in [-0.1, -0.05) is 170 Å². The normalized spacial score (nSPS) is 19.5. The minimum Gasteiger partial charge on any atom is -0.365 e. The number of nitrogens with zero attached hydrogens (tertiary/aromatic N) is 3. The highest BCUT2D eigenvalue weighted by Crippen LogP contribution is 2.53. The Morgan fingerprint density at radius 2 is 0.642 bits per heavy atom. The van der Waals surface area contributed by atoms with E-state index in [1.54, 1.807) is 0 Å². The molecule has 4 heterocycles. The first kappa shape index (κ1) is 38.7. The molecular weight excluding hydrogens is 810 g/mol. The fourth-order valence-electron chi connectivity index (χ4n) is 13.1. The number of anilines is 7. The van der Waals surface area contributed by atoms with Crippen molar-refractivity contribution in [3.63, 3.8) is 0 Å². The molecule has 15 rings (SSSR count). The van der Waals surface area contributed by atoms with E-state index in [0.717, 1.165) is 11.8 Å². The van der Waals surface area contributed by atoms with Crippen molar-refractivity contribution in [2.24, 2.45) is 11.8 Å². The molecule has 2 saturated heterocycles. The summed E-state index contributed by atoms with van der Waals surface area (Å²) in [4.78, 5) is 8.11. The quantitative estimate of drug-likeness (QED) is 0.148. The van der Waals surface area contributed by atoms with Crippen LogP contribution in [0.25, 0.3) is 44.5 Å². The van der Waals surface area contributed by atoms with Crippen LogP contribution in [-0.4, -0.2) is 18.8 Å². The highest BCUT2D eigenvalue weighted by Gasteiger charge is 2.49. The van der Waals surface area contributed by atoms with Crippen LogP contribution >= 0.6 is 0 Å². The summed E-state index contributed by atoms with van der Waals surface area (Å²) >= 11 is 0. The molecular formula is C63H50BN3. The van der Waals surface area contributed by atoms with Gasteiger partial charge in [0.05, 0.1) is 0 Å². The van der Waals surface area contributed by atoms with Gasteiger partial charge in [-0.3, -0.25) is 0 Å². The topological polar surface area (TPSA) is 9.72 Å². The monoisotopic (exact) mass is 859 g/mol. The summed E-state index contributed by atoms with van der Waals surface area (Å²) in [5.41, 5.74) is 22.6. The van der Waals surface area contributed by atoms with Gasteiger partial charge in [-0.05, 0) is 153 Å². The van der Waals surface area contributed by atoms with E-state index in [4.69, 9.17) is 0 Å². The number of rotatable bonds is 7. The summed E-state index contributed by atoms with van der Waals surface area (Å²) < 4.78 is 0. The zero-order valence-electron chi connectivity index (χ0n) is 37.5. The van der Waals surface area contributed by atoms with E-state index in [-0.39, 0.29) is 6.71 Å². The van der Waals surface area contributed by atoms with Crippen LogP contribution in [0.15, 0.2) is 218 Å². The molecule has 9 aromatic carbocycles. The lowest BCUT2D eigenvalue weighted by molar-refractivity contribution is 0.0900. The van der Waals surface area contributed by atoms with Gasteiger partial charge in [0.2, 0.25) is 0 Å². The molecule has 4 bridgehead atoms. The minimum atomic E-state index is -0.00967. The first-order chi connectivity index (χ1) is 33.2. The highest BCUT2D eigenvalue weighted by atomic mass is 15.2. The van der Waals surface area contributed by atoms with E-state index in [1.165, 1.54) is 133 Å². The lowest BCUT2D eigenvalue weighted by Crippen LogP contribution is -2.62. The molecule has 3 nitrogen and oxygen atoms in total. The van der Waals surface area contributed by atoms with Gasteiger partial charge in [-0.15, -0.1) is 0 Å². The Morgan fingerprint density at radius 3 is 1.03 bits per heavy atom. The fourth-order valence-corrected chi connectivity index (χ4v) is 13.1. The first-order valence-corrected chi connectivity index (χ1v) is 24.4. The molecule has 4 heteroatoms. The summed E-state index contributed by atoms with van der Waals surface area (Å²) in [7, 11) is 0. The van der Waals surface area contributed by atoms with Crippen molar-refractivity contribution >= 4 is 62.9 Å². The standard InChI is InChI=1S/C63H50BN3/c1-5-13-44(14-6-1)48-21-27-52(28-22-48)66-59-31-25-50(46-17-9-3-10-18-46)38-57(59)64-58-39-51(47-19-11-4-12-20-47)26-32-60(58)67(53-29-23-49(24-30-53)45-15-7-2-8-16-45)62-41-56(40-61(66)63(62)64)65-54-34-42-33-43(36-54)37-55(65)35-42/h1-32,38-43,54-55H,33-37H2. The van der Waals surface area contributed by atoms with Crippen LogP contribution in [-0.2, 0) is 0 Å². The zero-order valence-corrected chi connectivity index (χ0v) is 37.5. The van der Waals surface area contributed by atoms with Crippen LogP contribution in [0.3, 0.4) is 0 Å². The molecule has 6 aliphatic rings. The summed E-state index contributed by atoms with van der Waals surface area (Å²) in [6.07, 6.45) is 6.68.